The largest absolute Gasteiger partial charge is 0.496 e. The van der Waals surface area contributed by atoms with Gasteiger partial charge in [-0.25, -0.2) is 9.48 Å². The van der Waals surface area contributed by atoms with Gasteiger partial charge in [-0.2, -0.15) is 21.5 Å². The van der Waals surface area contributed by atoms with Crippen LogP contribution in [0.2, 0.25) is 0 Å². The third-order valence-corrected chi connectivity index (χ3v) is 7.22. The molecule has 1 aliphatic carbocycles. The Morgan fingerprint density at radius 3 is 2.80 bits per heavy atom. The molecule has 1 aliphatic heterocycles. The van der Waals surface area contributed by atoms with Gasteiger partial charge in [0.25, 0.3) is 0 Å². The van der Waals surface area contributed by atoms with Gasteiger partial charge in [0.15, 0.2) is 5.69 Å². The van der Waals surface area contributed by atoms with E-state index in [0.29, 0.717) is 23.5 Å². The lowest BCUT2D eigenvalue weighted by molar-refractivity contribution is 0.0305. The Labute approximate surface area is 206 Å². The molecule has 1 saturated carbocycles. The van der Waals surface area contributed by atoms with Gasteiger partial charge in [0, 0.05) is 41.9 Å². The Bertz CT molecular complexity index is 1410. The summed E-state index contributed by atoms with van der Waals surface area (Å²) in [7, 11) is 3.50. The van der Waals surface area contributed by atoms with Crippen molar-refractivity contribution in [1.82, 2.24) is 19.6 Å². The van der Waals surface area contributed by atoms with E-state index in [2.05, 4.69) is 5.10 Å². The minimum Gasteiger partial charge on any atom is -0.496 e. The summed E-state index contributed by atoms with van der Waals surface area (Å²) in [6, 6.07) is 7.83. The van der Waals surface area contributed by atoms with Gasteiger partial charge in [0.2, 0.25) is 0 Å². The van der Waals surface area contributed by atoms with E-state index in [1.807, 2.05) is 48.3 Å². The Balaban J connectivity index is 1.49. The Morgan fingerprint density at radius 2 is 2.11 bits per heavy atom. The van der Waals surface area contributed by atoms with Crippen molar-refractivity contribution < 1.29 is 19.0 Å². The number of esters is 1. The maximum atomic E-state index is 13.2. The molecule has 1 fully saturated rings. The summed E-state index contributed by atoms with van der Waals surface area (Å²) in [6.45, 7) is 0.202. The fourth-order valence-corrected chi connectivity index (χ4v) is 5.44. The van der Waals surface area contributed by atoms with E-state index in [9.17, 15) is 4.79 Å². The Morgan fingerprint density at radius 1 is 1.23 bits per heavy atom. The molecule has 3 aromatic heterocycles. The van der Waals surface area contributed by atoms with Crippen LogP contribution in [-0.4, -0.2) is 44.8 Å². The summed E-state index contributed by atoms with van der Waals surface area (Å²) in [5.74, 6) is 0.872. The zero-order chi connectivity index (χ0) is 24.1. The van der Waals surface area contributed by atoms with Crippen molar-refractivity contribution in [2.24, 2.45) is 12.8 Å². The number of ether oxygens (including phenoxy) is 3. The number of hydrogen-bond acceptors (Lipinski definition) is 8. The molecule has 0 amide bonds. The lowest BCUT2D eigenvalue weighted by Gasteiger charge is -2.21. The van der Waals surface area contributed by atoms with Crippen molar-refractivity contribution >= 4 is 17.3 Å². The van der Waals surface area contributed by atoms with Crippen LogP contribution in [0.4, 0.5) is 0 Å². The maximum absolute atomic E-state index is 13.2. The predicted molar refractivity (Wildman–Crippen MR) is 131 cm³/mol. The predicted octanol–water partition coefficient (Wildman–Crippen LogP) is 3.94. The van der Waals surface area contributed by atoms with Gasteiger partial charge in [0.1, 0.15) is 24.2 Å². The smallest absolute Gasteiger partial charge is 0.359 e. The molecule has 0 spiro atoms. The van der Waals surface area contributed by atoms with E-state index in [0.717, 1.165) is 41.0 Å². The molecule has 2 atom stereocenters. The minimum atomic E-state index is -0.445. The van der Waals surface area contributed by atoms with Gasteiger partial charge < -0.3 is 19.9 Å². The van der Waals surface area contributed by atoms with Crippen LogP contribution in [0.15, 0.2) is 41.2 Å². The molecule has 6 rings (SSSR count). The SMILES string of the molecule is COc1cc2c(cc1-c1ccn(C)n1)-c1c(c(C(=O)O[C@H]3CC[C@H](N)C3)nn1-c1ccsc1)CO2. The van der Waals surface area contributed by atoms with Crippen LogP contribution in [-0.2, 0) is 18.4 Å². The average molecular weight is 492 g/mol. The number of thiophene rings is 1. The fourth-order valence-electron chi connectivity index (χ4n) is 4.82. The van der Waals surface area contributed by atoms with Crippen LogP contribution < -0.4 is 15.2 Å². The third kappa shape index (κ3) is 3.78. The zero-order valence-corrected chi connectivity index (χ0v) is 20.2. The van der Waals surface area contributed by atoms with Gasteiger partial charge >= 0.3 is 5.97 Å². The molecular weight excluding hydrogens is 466 g/mol. The number of aryl methyl sites for hydroxylation is 1. The van der Waals surface area contributed by atoms with Gasteiger partial charge in [-0.15, -0.1) is 0 Å². The molecule has 35 heavy (non-hydrogen) atoms. The fraction of sp³-hybridized carbons (Fsp3) is 0.320. The first-order chi connectivity index (χ1) is 17.0. The van der Waals surface area contributed by atoms with Crippen molar-refractivity contribution in [3.8, 4) is 39.7 Å². The van der Waals surface area contributed by atoms with Gasteiger partial charge in [-0.3, -0.25) is 4.68 Å². The summed E-state index contributed by atoms with van der Waals surface area (Å²) < 4.78 is 21.1. The second-order valence-corrected chi connectivity index (χ2v) is 9.66. The summed E-state index contributed by atoms with van der Waals surface area (Å²) in [5, 5.41) is 13.3. The highest BCUT2D eigenvalue weighted by atomic mass is 32.1. The number of hydrogen-bond donors (Lipinski definition) is 1. The molecule has 2 N–H and O–H groups in total. The van der Waals surface area contributed by atoms with Crippen molar-refractivity contribution in [3.05, 3.63) is 52.5 Å². The number of nitrogens with zero attached hydrogens (tertiary/aromatic N) is 4. The van der Waals surface area contributed by atoms with Crippen LogP contribution in [0, 0.1) is 0 Å². The lowest BCUT2D eigenvalue weighted by atomic mass is 9.98. The number of rotatable bonds is 5. The highest BCUT2D eigenvalue weighted by molar-refractivity contribution is 7.08. The van der Waals surface area contributed by atoms with Gasteiger partial charge in [-0.05, 0) is 42.8 Å². The average Bonchev–Trinajstić information content (AvgIpc) is 3.65. The number of nitrogens with two attached hydrogens (primary N) is 1. The monoisotopic (exact) mass is 491 g/mol. The third-order valence-electron chi connectivity index (χ3n) is 6.54. The van der Waals surface area contributed by atoms with Crippen molar-refractivity contribution in [3.63, 3.8) is 0 Å². The Hall–Kier alpha value is -3.63. The quantitative estimate of drug-likeness (QED) is 0.422. The van der Waals surface area contributed by atoms with E-state index in [4.69, 9.17) is 25.0 Å². The molecular formula is C25H25N5O4S. The number of methoxy groups -OCH3 is 1. The molecule has 0 radical (unpaired) electrons. The molecule has 4 heterocycles. The molecule has 0 saturated heterocycles. The van der Waals surface area contributed by atoms with Crippen LogP contribution in [0.25, 0.3) is 28.2 Å². The Kier molecular flexibility index (Phi) is 5.34. The summed E-state index contributed by atoms with van der Waals surface area (Å²) in [6.07, 6.45) is 4.00. The van der Waals surface area contributed by atoms with E-state index >= 15 is 0 Å². The van der Waals surface area contributed by atoms with Crippen molar-refractivity contribution in [2.45, 2.75) is 38.0 Å². The first-order valence-electron chi connectivity index (χ1n) is 11.5. The van der Waals surface area contributed by atoms with Gasteiger partial charge in [0.05, 0.1) is 29.7 Å². The topological polar surface area (TPSA) is 106 Å². The first kappa shape index (κ1) is 21.9. The minimum absolute atomic E-state index is 0.0697. The first-order valence-corrected chi connectivity index (χ1v) is 12.4. The normalized spacial score (nSPS) is 18.6. The van der Waals surface area contributed by atoms with Crippen molar-refractivity contribution in [2.75, 3.05) is 7.11 Å². The van der Waals surface area contributed by atoms with Crippen LogP contribution in [0.5, 0.6) is 11.5 Å². The summed E-state index contributed by atoms with van der Waals surface area (Å²) >= 11 is 1.56. The van der Waals surface area contributed by atoms with Crippen molar-refractivity contribution in [1.29, 1.82) is 0 Å². The number of carbonyl (C=O) groups excluding carboxylic acids is 1. The molecule has 4 aromatic rings. The van der Waals surface area contributed by atoms with Crippen LogP contribution in [0.3, 0.4) is 0 Å². The molecule has 180 valence electrons. The standard InChI is InChI=1S/C25H25N5O4S/c1-29-7-5-20(27-29)17-10-18-22(11-21(17)32-2)33-12-19-23(25(31)34-16-4-3-14(26)9-16)28-30(24(18)19)15-6-8-35-13-15/h5-8,10-11,13-14,16H,3-4,9,12,26H2,1-2H3/t14-,16-/m0/s1. The molecule has 1 aromatic carbocycles. The summed E-state index contributed by atoms with van der Waals surface area (Å²) in [4.78, 5) is 13.2. The lowest BCUT2D eigenvalue weighted by Crippen LogP contribution is -2.21. The number of benzene rings is 1. The van der Waals surface area contributed by atoms with E-state index in [-0.39, 0.29) is 24.4 Å². The summed E-state index contributed by atoms with van der Waals surface area (Å²) in [5.41, 5.74) is 11.1. The van der Waals surface area contributed by atoms with E-state index in [1.165, 1.54) is 0 Å². The zero-order valence-electron chi connectivity index (χ0n) is 19.4. The maximum Gasteiger partial charge on any atom is 0.359 e. The van der Waals surface area contributed by atoms with E-state index in [1.54, 1.807) is 27.8 Å². The highest BCUT2D eigenvalue weighted by Crippen LogP contribution is 2.46. The van der Waals surface area contributed by atoms with Crippen LogP contribution >= 0.6 is 11.3 Å². The number of fused-ring (bicyclic) bond motifs is 3. The number of carbonyl (C=O) groups is 1. The second kappa shape index (κ2) is 8.54. The molecule has 9 nitrogen and oxygen atoms in total. The van der Waals surface area contributed by atoms with E-state index < -0.39 is 5.97 Å². The number of aromatic nitrogens is 4. The highest BCUT2D eigenvalue weighted by Gasteiger charge is 2.34. The molecule has 2 aliphatic rings. The molecule has 10 heteroatoms. The van der Waals surface area contributed by atoms with Crippen LogP contribution in [0.1, 0.15) is 35.3 Å². The second-order valence-electron chi connectivity index (χ2n) is 8.88. The molecule has 0 unspecified atom stereocenters. The molecule has 0 bridgehead atoms. The van der Waals surface area contributed by atoms with Gasteiger partial charge in [-0.1, -0.05) is 0 Å².